The van der Waals surface area contributed by atoms with Crippen LogP contribution in [0.3, 0.4) is 0 Å². The molecule has 0 aliphatic carbocycles. The van der Waals surface area contributed by atoms with Crippen molar-refractivity contribution in [2.45, 2.75) is 75.2 Å². The van der Waals surface area contributed by atoms with Crippen LogP contribution in [0.25, 0.3) is 33.2 Å². The van der Waals surface area contributed by atoms with Crippen LogP contribution in [0.15, 0.2) is 49.3 Å². The molecule has 10 rings (SSSR count). The zero-order valence-corrected chi connectivity index (χ0v) is 40.1. The highest BCUT2D eigenvalue weighted by Gasteiger charge is 2.45. The Morgan fingerprint density at radius 1 is 0.682 bits per heavy atom. The zero-order chi connectivity index (χ0) is 47.5. The summed E-state index contributed by atoms with van der Waals surface area (Å²) < 4.78 is 70.6. The smallest absolute Gasteiger partial charge is 0.486 e. The van der Waals surface area contributed by atoms with E-state index in [2.05, 4.69) is 46.6 Å². The molecule has 0 amide bonds. The molecule has 10 heterocycles. The number of anilines is 2. The molecule has 0 spiro atoms. The minimum absolute atomic E-state index is 0.00868. The maximum Gasteiger partial charge on any atom is 0.490 e. The first-order valence-electron chi connectivity index (χ1n) is 21.2. The Kier molecular flexibility index (Phi) is 12.8. The number of hydrogen-bond acceptors (Lipinski definition) is 18. The molecule has 0 bridgehead atoms. The van der Waals surface area contributed by atoms with E-state index in [4.69, 9.17) is 50.6 Å². The Hall–Kier alpha value is -5.17. The van der Waals surface area contributed by atoms with Crippen LogP contribution < -0.4 is 24.7 Å². The van der Waals surface area contributed by atoms with Gasteiger partial charge in [0, 0.05) is 59.1 Å². The number of sulfone groups is 2. The van der Waals surface area contributed by atoms with Gasteiger partial charge in [0.15, 0.2) is 48.6 Å². The van der Waals surface area contributed by atoms with Crippen LogP contribution in [-0.2, 0) is 38.6 Å². The van der Waals surface area contributed by atoms with E-state index in [1.807, 2.05) is 19.2 Å². The van der Waals surface area contributed by atoms with Crippen LogP contribution >= 0.6 is 11.6 Å². The molecule has 4 aliphatic heterocycles. The SMILES string of the molecule is C[C@@H]1COC[C@H]2COc3c(nc(-c4cncc5[nH]ccc45)nc3C(C)(C)S(C)(=O)=O)N21.C[C@@H]1COC[C@H]2COc3c(nc(Cl)nc3C(C)(C)S(C)(=O)=O)N21.OB(O)c1cncc2[nH]ccc12. The minimum atomic E-state index is -3.50. The summed E-state index contributed by atoms with van der Waals surface area (Å²) in [4.78, 5) is 36.7. The number of pyridine rings is 2. The largest absolute Gasteiger partial charge is 0.490 e. The van der Waals surface area contributed by atoms with Gasteiger partial charge in [0.25, 0.3) is 0 Å². The summed E-state index contributed by atoms with van der Waals surface area (Å²) in [6.45, 7) is 13.6. The topological polar surface area (TPSA) is 261 Å². The number of H-pyrrole nitrogens is 2. The van der Waals surface area contributed by atoms with E-state index in [1.54, 1.807) is 58.5 Å². The number of rotatable bonds is 6. The fourth-order valence-electron chi connectivity index (χ4n) is 8.29. The van der Waals surface area contributed by atoms with Crippen molar-refractivity contribution in [2.75, 3.05) is 62.0 Å². The van der Waals surface area contributed by atoms with Crippen molar-refractivity contribution in [3.8, 4) is 22.9 Å². The standard InChI is InChI=1S/C21H25N5O4S.C14H20ClN3O4S.C7H7BN2O2/c1-12-9-29-10-13-11-30-17-18(21(2,3)31(4,27)28)24-19(25-20(17)26(12)13)15-7-22-8-16-14(15)5-6-23-16;1-8-5-21-6-9-7-22-10-11(14(2,3)23(4,19)20)16-13(15)17-12(10)18(8)9;11-8(12)6-3-9-4-7-5(6)1-2-10-7/h5-8,12-13,23H,9-11H2,1-4H3;8-9H,5-7H2,1-4H3;1-4,10-12H/t12-,13+;8-,9+;/m11./s1. The Balaban J connectivity index is 0.000000148. The van der Waals surface area contributed by atoms with Gasteiger partial charge in [-0.1, -0.05) is 0 Å². The first kappa shape index (κ1) is 47.3. The number of hydrogen-bond donors (Lipinski definition) is 4. The van der Waals surface area contributed by atoms with Gasteiger partial charge in [-0.05, 0) is 65.3 Å². The molecule has 20 nitrogen and oxygen atoms in total. The number of aromatic amines is 2. The highest BCUT2D eigenvalue weighted by molar-refractivity contribution is 7.91. The van der Waals surface area contributed by atoms with E-state index in [-0.39, 0.29) is 29.5 Å². The average Bonchev–Trinajstić information content (AvgIpc) is 3.96. The third-order valence-electron chi connectivity index (χ3n) is 12.6. The van der Waals surface area contributed by atoms with Gasteiger partial charge >= 0.3 is 7.12 Å². The molecular weight excluding hydrogens is 915 g/mol. The van der Waals surface area contributed by atoms with Crippen LogP contribution in [0.2, 0.25) is 5.28 Å². The molecule has 0 radical (unpaired) electrons. The van der Waals surface area contributed by atoms with Crippen molar-refractivity contribution in [2.24, 2.45) is 0 Å². The highest BCUT2D eigenvalue weighted by Crippen LogP contribution is 2.46. The second-order valence-electron chi connectivity index (χ2n) is 17.8. The summed E-state index contributed by atoms with van der Waals surface area (Å²) in [7, 11) is -8.38. The molecule has 0 aromatic carbocycles. The molecule has 0 unspecified atom stereocenters. The molecule has 6 aromatic heterocycles. The summed E-state index contributed by atoms with van der Waals surface area (Å²) in [5, 5.41) is 19.6. The second-order valence-corrected chi connectivity index (χ2v) is 23.3. The van der Waals surface area contributed by atoms with Crippen molar-refractivity contribution < 1.29 is 45.8 Å². The van der Waals surface area contributed by atoms with Gasteiger partial charge in [-0.25, -0.2) is 31.8 Å². The summed E-state index contributed by atoms with van der Waals surface area (Å²) in [5.74, 6) is 2.40. The van der Waals surface area contributed by atoms with Crippen molar-refractivity contribution >= 4 is 77.3 Å². The van der Waals surface area contributed by atoms with Crippen LogP contribution in [0.1, 0.15) is 52.9 Å². The van der Waals surface area contributed by atoms with E-state index in [1.165, 1.54) is 18.7 Å². The van der Waals surface area contributed by atoms with E-state index in [0.717, 1.165) is 27.4 Å². The fraction of sp³-hybridized carbons (Fsp3) is 0.476. The van der Waals surface area contributed by atoms with Crippen molar-refractivity contribution in [1.29, 1.82) is 0 Å². The van der Waals surface area contributed by atoms with Crippen LogP contribution in [0.5, 0.6) is 11.5 Å². The Morgan fingerprint density at radius 2 is 1.17 bits per heavy atom. The average molecular weight is 967 g/mol. The number of aromatic nitrogens is 8. The molecule has 2 fully saturated rings. The van der Waals surface area contributed by atoms with E-state index < -0.39 is 36.3 Å². The zero-order valence-electron chi connectivity index (χ0n) is 37.7. The summed E-state index contributed by atoms with van der Waals surface area (Å²) in [6, 6.07) is 3.93. The van der Waals surface area contributed by atoms with Crippen molar-refractivity contribution in [3.05, 3.63) is 66.0 Å². The van der Waals surface area contributed by atoms with Gasteiger partial charge in [-0.3, -0.25) is 9.97 Å². The second kappa shape index (κ2) is 17.8. The number of nitrogens with one attached hydrogen (secondary N) is 2. The van der Waals surface area contributed by atoms with Crippen LogP contribution in [-0.4, -0.2) is 150 Å². The van der Waals surface area contributed by atoms with E-state index in [0.29, 0.717) is 85.5 Å². The Bertz CT molecular complexity index is 3010. The third kappa shape index (κ3) is 8.65. The predicted molar refractivity (Wildman–Crippen MR) is 250 cm³/mol. The van der Waals surface area contributed by atoms with Gasteiger partial charge in [0.1, 0.15) is 34.1 Å². The number of halogens is 1. The summed E-state index contributed by atoms with van der Waals surface area (Å²) in [5.41, 5.74) is 3.48. The molecule has 4 N–H and O–H groups in total. The number of ether oxygens (including phenoxy) is 4. The molecule has 24 heteroatoms. The number of nitrogens with zero attached hydrogens (tertiary/aromatic N) is 8. The van der Waals surface area contributed by atoms with Crippen molar-refractivity contribution in [1.82, 2.24) is 39.9 Å². The lowest BCUT2D eigenvalue weighted by atomic mass is 9.79. The lowest BCUT2D eigenvalue weighted by Crippen LogP contribution is -2.56. The van der Waals surface area contributed by atoms with Crippen LogP contribution in [0, 0.1) is 0 Å². The highest BCUT2D eigenvalue weighted by atomic mass is 35.5. The lowest BCUT2D eigenvalue weighted by Gasteiger charge is -2.45. The van der Waals surface area contributed by atoms with Gasteiger partial charge in [-0.2, -0.15) is 4.98 Å². The van der Waals surface area contributed by atoms with E-state index in [9.17, 15) is 16.8 Å². The van der Waals surface area contributed by atoms with Crippen molar-refractivity contribution in [3.63, 3.8) is 0 Å². The molecule has 2 saturated heterocycles. The van der Waals surface area contributed by atoms with Gasteiger partial charge < -0.3 is 48.8 Å². The van der Waals surface area contributed by atoms with Gasteiger partial charge in [0.2, 0.25) is 5.28 Å². The normalized spacial score (nSPS) is 20.6. The molecular formula is C42H52BClN10O10S2. The first-order valence-corrected chi connectivity index (χ1v) is 25.3. The summed E-state index contributed by atoms with van der Waals surface area (Å²) in [6.07, 6.45) is 12.5. The maximum absolute atomic E-state index is 12.7. The molecule has 352 valence electrons. The number of fused-ring (bicyclic) bond motifs is 8. The maximum atomic E-state index is 12.7. The lowest BCUT2D eigenvalue weighted by molar-refractivity contribution is 0.0482. The monoisotopic (exact) mass is 966 g/mol. The predicted octanol–water partition coefficient (Wildman–Crippen LogP) is 2.92. The Morgan fingerprint density at radius 3 is 1.70 bits per heavy atom. The minimum Gasteiger partial charge on any atom is -0.486 e. The molecule has 6 aromatic rings. The molecule has 4 aliphatic rings. The number of morpholine rings is 2. The Labute approximate surface area is 387 Å². The molecule has 0 saturated carbocycles. The molecule has 4 atom stereocenters. The van der Waals surface area contributed by atoms with Gasteiger partial charge in [0.05, 0.1) is 74.0 Å². The van der Waals surface area contributed by atoms with E-state index >= 15 is 0 Å². The fourth-order valence-corrected chi connectivity index (χ4v) is 9.43. The van der Waals surface area contributed by atoms with Gasteiger partial charge in [-0.15, -0.1) is 0 Å². The molecule has 66 heavy (non-hydrogen) atoms. The first-order chi connectivity index (χ1) is 31.1. The third-order valence-corrected chi connectivity index (χ3v) is 16.8. The quantitative estimate of drug-likeness (QED) is 0.138. The van der Waals surface area contributed by atoms with Crippen LogP contribution in [0.4, 0.5) is 11.6 Å². The summed E-state index contributed by atoms with van der Waals surface area (Å²) >= 11 is 6.09.